The van der Waals surface area contributed by atoms with E-state index in [4.69, 9.17) is 4.74 Å². The third-order valence-electron chi connectivity index (χ3n) is 4.29. The van der Waals surface area contributed by atoms with Crippen molar-refractivity contribution in [2.45, 2.75) is 13.0 Å². The van der Waals surface area contributed by atoms with Gasteiger partial charge in [-0.15, -0.1) is 0 Å². The first-order valence-corrected chi connectivity index (χ1v) is 8.57. The van der Waals surface area contributed by atoms with Crippen molar-refractivity contribution in [1.82, 2.24) is 0 Å². The molecule has 0 radical (unpaired) electrons. The van der Waals surface area contributed by atoms with Gasteiger partial charge in [0.2, 0.25) is 5.78 Å². The molecule has 3 rings (SSSR count). The summed E-state index contributed by atoms with van der Waals surface area (Å²) in [4.78, 5) is 36.0. The Morgan fingerprint density at radius 2 is 1.50 bits per heavy atom. The van der Waals surface area contributed by atoms with Gasteiger partial charge in [-0.1, -0.05) is 48.5 Å². The molecule has 140 valence electrons. The lowest BCUT2D eigenvalue weighted by atomic mass is 9.99. The molecule has 0 saturated carbocycles. The van der Waals surface area contributed by atoms with E-state index in [0.29, 0.717) is 16.7 Å². The summed E-state index contributed by atoms with van der Waals surface area (Å²) in [5.41, 5.74) is 1.71. The summed E-state index contributed by atoms with van der Waals surface area (Å²) in [6.07, 6.45) is -1.21. The summed E-state index contributed by atoms with van der Waals surface area (Å²) in [6, 6.07) is 20.8. The first-order chi connectivity index (χ1) is 13.5. The highest BCUT2D eigenvalue weighted by molar-refractivity contribution is 6.02. The van der Waals surface area contributed by atoms with E-state index in [0.717, 1.165) is 5.56 Å². The summed E-state index contributed by atoms with van der Waals surface area (Å²) in [5.74, 6) is -1.04. The Hall–Kier alpha value is -3.80. The molecular formula is C22H17NO5. The van der Waals surface area contributed by atoms with Gasteiger partial charge in [0.15, 0.2) is 6.10 Å². The van der Waals surface area contributed by atoms with Gasteiger partial charge in [0, 0.05) is 23.3 Å². The van der Waals surface area contributed by atoms with Crippen LogP contribution in [0.2, 0.25) is 0 Å². The molecule has 6 nitrogen and oxygen atoms in total. The first-order valence-electron chi connectivity index (χ1n) is 8.57. The smallest absolute Gasteiger partial charge is 0.339 e. The molecule has 0 fully saturated rings. The van der Waals surface area contributed by atoms with Gasteiger partial charge in [0.05, 0.1) is 10.5 Å². The molecule has 3 aromatic carbocycles. The van der Waals surface area contributed by atoms with Crippen LogP contribution in [0, 0.1) is 17.0 Å². The number of ether oxygens (including phenoxy) is 1. The maximum Gasteiger partial charge on any atom is 0.339 e. The number of carbonyl (C=O) groups is 2. The highest BCUT2D eigenvalue weighted by Gasteiger charge is 2.27. The topological polar surface area (TPSA) is 86.5 Å². The molecule has 1 atom stereocenters. The number of nitro groups is 1. The average Bonchev–Trinajstić information content (AvgIpc) is 2.72. The highest BCUT2D eigenvalue weighted by atomic mass is 16.6. The number of hydrogen-bond donors (Lipinski definition) is 0. The second-order valence-corrected chi connectivity index (χ2v) is 6.18. The second kappa shape index (κ2) is 8.26. The van der Waals surface area contributed by atoms with Crippen molar-refractivity contribution in [3.8, 4) is 0 Å². The predicted octanol–water partition coefficient (Wildman–Crippen LogP) is 4.68. The van der Waals surface area contributed by atoms with E-state index in [9.17, 15) is 19.7 Å². The number of rotatable bonds is 6. The molecule has 28 heavy (non-hydrogen) atoms. The second-order valence-electron chi connectivity index (χ2n) is 6.18. The number of Topliss-reactive ketones (excluding diaryl/α,β-unsaturated/α-hetero) is 1. The van der Waals surface area contributed by atoms with Gasteiger partial charge in [-0.3, -0.25) is 14.9 Å². The van der Waals surface area contributed by atoms with Crippen molar-refractivity contribution in [2.24, 2.45) is 0 Å². The minimum absolute atomic E-state index is 0.111. The van der Waals surface area contributed by atoms with Crippen LogP contribution in [-0.2, 0) is 4.74 Å². The number of esters is 1. The van der Waals surface area contributed by atoms with Gasteiger partial charge in [-0.05, 0) is 30.7 Å². The van der Waals surface area contributed by atoms with E-state index >= 15 is 0 Å². The van der Waals surface area contributed by atoms with Crippen LogP contribution in [0.15, 0.2) is 78.9 Å². The number of aryl methyl sites for hydroxylation is 1. The zero-order valence-electron chi connectivity index (χ0n) is 15.1. The van der Waals surface area contributed by atoms with Crippen LogP contribution >= 0.6 is 0 Å². The minimum atomic E-state index is -1.21. The lowest BCUT2D eigenvalue weighted by molar-refractivity contribution is -0.384. The molecule has 3 aromatic rings. The number of benzene rings is 3. The van der Waals surface area contributed by atoms with Gasteiger partial charge >= 0.3 is 5.97 Å². The minimum Gasteiger partial charge on any atom is -0.445 e. The van der Waals surface area contributed by atoms with Crippen molar-refractivity contribution in [3.63, 3.8) is 0 Å². The fraction of sp³-hybridized carbons (Fsp3) is 0.0909. The third kappa shape index (κ3) is 4.12. The predicted molar refractivity (Wildman–Crippen MR) is 103 cm³/mol. The molecule has 0 aliphatic heterocycles. The van der Waals surface area contributed by atoms with E-state index in [-0.39, 0.29) is 5.69 Å². The molecular weight excluding hydrogens is 358 g/mol. The number of ketones is 1. The van der Waals surface area contributed by atoms with Crippen LogP contribution in [0.5, 0.6) is 0 Å². The zero-order valence-corrected chi connectivity index (χ0v) is 15.1. The van der Waals surface area contributed by atoms with Crippen LogP contribution in [0.3, 0.4) is 0 Å². The summed E-state index contributed by atoms with van der Waals surface area (Å²) in [7, 11) is 0. The molecule has 0 aromatic heterocycles. The molecule has 0 unspecified atom stereocenters. The molecule has 0 aliphatic rings. The maximum atomic E-state index is 13.0. The van der Waals surface area contributed by atoms with E-state index < -0.39 is 22.8 Å². The van der Waals surface area contributed by atoms with Gasteiger partial charge in [-0.2, -0.15) is 0 Å². The van der Waals surface area contributed by atoms with Gasteiger partial charge in [0.1, 0.15) is 0 Å². The normalized spacial score (nSPS) is 11.5. The summed E-state index contributed by atoms with van der Waals surface area (Å²) in [5, 5.41) is 10.9. The van der Waals surface area contributed by atoms with Crippen LogP contribution in [0.4, 0.5) is 5.69 Å². The largest absolute Gasteiger partial charge is 0.445 e. The molecule has 0 aliphatic carbocycles. The highest BCUT2D eigenvalue weighted by Crippen LogP contribution is 2.26. The Morgan fingerprint density at radius 3 is 2.11 bits per heavy atom. The molecule has 0 saturated heterocycles. The number of carbonyl (C=O) groups excluding carboxylic acids is 2. The van der Waals surface area contributed by atoms with Gasteiger partial charge < -0.3 is 4.74 Å². The van der Waals surface area contributed by atoms with Crippen molar-refractivity contribution in [3.05, 3.63) is 111 Å². The molecule has 0 amide bonds. The average molecular weight is 375 g/mol. The lowest BCUT2D eigenvalue weighted by Crippen LogP contribution is -2.20. The molecule has 0 bridgehead atoms. The number of non-ortho nitro benzene ring substituents is 1. The quantitative estimate of drug-likeness (QED) is 0.270. The van der Waals surface area contributed by atoms with E-state index in [2.05, 4.69) is 0 Å². The third-order valence-corrected chi connectivity index (χ3v) is 4.29. The van der Waals surface area contributed by atoms with E-state index in [1.165, 1.54) is 24.3 Å². The van der Waals surface area contributed by atoms with Crippen molar-refractivity contribution < 1.29 is 19.2 Å². The standard InChI is InChI=1S/C22H17NO5/c1-15-7-5-6-10-19(15)22(25)28-21(20(24)16-8-3-2-4-9-16)17-11-13-18(14-12-17)23(26)27/h2-14,21H,1H3/t21-/m1/s1. The Kier molecular flexibility index (Phi) is 5.60. The Balaban J connectivity index is 1.97. The summed E-state index contributed by atoms with van der Waals surface area (Å²) < 4.78 is 5.56. The maximum absolute atomic E-state index is 13.0. The van der Waals surface area contributed by atoms with Gasteiger partial charge in [0.25, 0.3) is 5.69 Å². The van der Waals surface area contributed by atoms with E-state index in [1.807, 2.05) is 0 Å². The van der Waals surface area contributed by atoms with Crippen LogP contribution < -0.4 is 0 Å². The van der Waals surface area contributed by atoms with Crippen LogP contribution in [0.1, 0.15) is 37.9 Å². The fourth-order valence-corrected chi connectivity index (χ4v) is 2.77. The number of nitrogens with zero attached hydrogens (tertiary/aromatic N) is 1. The summed E-state index contributed by atoms with van der Waals surface area (Å²) >= 11 is 0. The molecule has 0 spiro atoms. The van der Waals surface area contributed by atoms with Gasteiger partial charge in [-0.25, -0.2) is 4.79 Å². The van der Waals surface area contributed by atoms with Crippen molar-refractivity contribution >= 4 is 17.4 Å². The molecule has 6 heteroatoms. The Bertz CT molecular complexity index is 1010. The number of nitro benzene ring substituents is 1. The molecule has 0 heterocycles. The SMILES string of the molecule is Cc1ccccc1C(=O)O[C@@H](C(=O)c1ccccc1)c1ccc([N+](=O)[O-])cc1. The van der Waals surface area contributed by atoms with Crippen LogP contribution in [0.25, 0.3) is 0 Å². The lowest BCUT2D eigenvalue weighted by Gasteiger charge is -2.18. The fourth-order valence-electron chi connectivity index (χ4n) is 2.77. The molecule has 0 N–H and O–H groups in total. The Labute approximate surface area is 161 Å². The van der Waals surface area contributed by atoms with Crippen LogP contribution in [-0.4, -0.2) is 16.7 Å². The monoisotopic (exact) mass is 375 g/mol. The Morgan fingerprint density at radius 1 is 0.893 bits per heavy atom. The van der Waals surface area contributed by atoms with Crippen molar-refractivity contribution in [2.75, 3.05) is 0 Å². The van der Waals surface area contributed by atoms with E-state index in [1.54, 1.807) is 61.5 Å². The van der Waals surface area contributed by atoms with Crippen molar-refractivity contribution in [1.29, 1.82) is 0 Å². The zero-order chi connectivity index (χ0) is 20.1. The number of hydrogen-bond acceptors (Lipinski definition) is 5. The first kappa shape index (κ1) is 19.0. The summed E-state index contributed by atoms with van der Waals surface area (Å²) in [6.45, 7) is 1.77.